The summed E-state index contributed by atoms with van der Waals surface area (Å²) in [5, 5.41) is 3.89. The Morgan fingerprint density at radius 2 is 2.08 bits per heavy atom. The molecule has 7 heteroatoms. The minimum Gasteiger partial charge on any atom is -0.481 e. The van der Waals surface area contributed by atoms with Gasteiger partial charge in [-0.25, -0.2) is 10.2 Å². The highest BCUT2D eigenvalue weighted by Crippen LogP contribution is 2.15. The van der Waals surface area contributed by atoms with Crippen LogP contribution in [0.3, 0.4) is 0 Å². The normalized spacial score (nSPS) is 10.4. The Morgan fingerprint density at radius 1 is 1.25 bits per heavy atom. The Hall–Kier alpha value is -3.22. The van der Waals surface area contributed by atoms with Gasteiger partial charge in [0.15, 0.2) is 6.61 Å². The van der Waals surface area contributed by atoms with Crippen molar-refractivity contribution in [3.63, 3.8) is 0 Å². The number of benzene rings is 1. The summed E-state index contributed by atoms with van der Waals surface area (Å²) in [5.74, 6) is -0.358. The molecule has 124 valence electrons. The molecule has 7 nitrogen and oxygen atoms in total. The van der Waals surface area contributed by atoms with Gasteiger partial charge < -0.3 is 9.47 Å². The summed E-state index contributed by atoms with van der Waals surface area (Å²) in [6.07, 6.45) is 4.47. The van der Waals surface area contributed by atoms with Crippen LogP contribution in [-0.4, -0.2) is 36.3 Å². The molecule has 1 aromatic carbocycles. The van der Waals surface area contributed by atoms with Crippen LogP contribution in [0.25, 0.3) is 0 Å². The van der Waals surface area contributed by atoms with Crippen molar-refractivity contribution in [1.29, 1.82) is 0 Å². The molecule has 0 atom stereocenters. The van der Waals surface area contributed by atoms with Crippen molar-refractivity contribution in [2.75, 3.05) is 13.2 Å². The van der Waals surface area contributed by atoms with Gasteiger partial charge in [-0.2, -0.15) is 5.10 Å². The molecule has 24 heavy (non-hydrogen) atoms. The van der Waals surface area contributed by atoms with Crippen LogP contribution in [0, 0.1) is 0 Å². The van der Waals surface area contributed by atoms with Crippen LogP contribution in [0.2, 0.25) is 0 Å². The molecule has 0 bridgehead atoms. The van der Waals surface area contributed by atoms with Gasteiger partial charge in [-0.3, -0.25) is 9.78 Å². The minimum atomic E-state index is -0.450. The Balaban J connectivity index is 1.96. The molecule has 1 aromatic heterocycles. The fourth-order valence-corrected chi connectivity index (χ4v) is 1.78. The molecule has 0 saturated carbocycles. The number of amides is 1. The van der Waals surface area contributed by atoms with Crippen molar-refractivity contribution in [1.82, 2.24) is 10.4 Å². The third-order valence-corrected chi connectivity index (χ3v) is 2.86. The number of aromatic nitrogens is 1. The van der Waals surface area contributed by atoms with E-state index in [0.717, 1.165) is 0 Å². The largest absolute Gasteiger partial charge is 0.481 e. The number of nitrogens with zero attached hydrogens (tertiary/aromatic N) is 2. The zero-order valence-electron chi connectivity index (χ0n) is 13.1. The van der Waals surface area contributed by atoms with Gasteiger partial charge in [0.1, 0.15) is 5.75 Å². The minimum absolute atomic E-state index is 0.194. The average molecular weight is 327 g/mol. The number of esters is 1. The number of carbonyl (C=O) groups excluding carboxylic acids is 2. The predicted molar refractivity (Wildman–Crippen MR) is 87.9 cm³/mol. The van der Waals surface area contributed by atoms with E-state index in [1.54, 1.807) is 49.5 Å². The van der Waals surface area contributed by atoms with E-state index in [1.807, 2.05) is 0 Å². The number of pyridine rings is 1. The molecule has 1 N–H and O–H groups in total. The predicted octanol–water partition coefficient (Wildman–Crippen LogP) is 1.79. The van der Waals surface area contributed by atoms with E-state index < -0.39 is 5.97 Å². The van der Waals surface area contributed by atoms with E-state index in [2.05, 4.69) is 15.5 Å². The fourth-order valence-electron chi connectivity index (χ4n) is 1.78. The Morgan fingerprint density at radius 3 is 2.83 bits per heavy atom. The maximum atomic E-state index is 11.8. The van der Waals surface area contributed by atoms with Crippen molar-refractivity contribution in [2.45, 2.75) is 6.92 Å². The summed E-state index contributed by atoms with van der Waals surface area (Å²) in [4.78, 5) is 27.1. The Labute approximate surface area is 139 Å². The summed E-state index contributed by atoms with van der Waals surface area (Å²) in [5.41, 5.74) is 3.43. The monoisotopic (exact) mass is 327 g/mol. The van der Waals surface area contributed by atoms with Crippen molar-refractivity contribution in [3.05, 3.63) is 59.9 Å². The second-order valence-electron chi connectivity index (χ2n) is 4.57. The Bertz CT molecular complexity index is 717. The number of ether oxygens (including phenoxy) is 2. The van der Waals surface area contributed by atoms with Crippen LogP contribution in [0.4, 0.5) is 0 Å². The first-order chi connectivity index (χ1) is 11.7. The van der Waals surface area contributed by atoms with E-state index in [0.29, 0.717) is 23.5 Å². The standard InChI is InChI=1S/C17H17N3O4/c1-2-23-16(21)12-24-15-8-4-3-6-13(15)11-19-20-17(22)14-7-5-9-18-10-14/h3-11H,2,12H2,1H3,(H,20,22)/b19-11-. The van der Waals surface area contributed by atoms with Gasteiger partial charge >= 0.3 is 5.97 Å². The second kappa shape index (κ2) is 9.04. The third kappa shape index (κ3) is 5.20. The average Bonchev–Trinajstić information content (AvgIpc) is 2.62. The van der Waals surface area contributed by atoms with E-state index in [-0.39, 0.29) is 12.5 Å². The summed E-state index contributed by atoms with van der Waals surface area (Å²) in [6, 6.07) is 10.3. The molecule has 2 aromatic rings. The number of rotatable bonds is 7. The summed E-state index contributed by atoms with van der Waals surface area (Å²) in [6.45, 7) is 1.83. The Kier molecular flexibility index (Phi) is 6.46. The molecule has 0 spiro atoms. The zero-order valence-corrected chi connectivity index (χ0v) is 13.1. The zero-order chi connectivity index (χ0) is 17.2. The van der Waals surface area contributed by atoms with Crippen molar-refractivity contribution < 1.29 is 19.1 Å². The number of hydrazone groups is 1. The highest BCUT2D eigenvalue weighted by atomic mass is 16.6. The smallest absolute Gasteiger partial charge is 0.344 e. The molecule has 2 rings (SSSR count). The molecular formula is C17H17N3O4. The number of para-hydroxylation sites is 1. The molecule has 0 aliphatic carbocycles. The summed E-state index contributed by atoms with van der Waals surface area (Å²) >= 11 is 0. The van der Waals surface area contributed by atoms with Gasteiger partial charge in [-0.1, -0.05) is 12.1 Å². The lowest BCUT2D eigenvalue weighted by atomic mass is 10.2. The maximum Gasteiger partial charge on any atom is 0.344 e. The lowest BCUT2D eigenvalue weighted by Crippen LogP contribution is -2.18. The molecular weight excluding hydrogens is 310 g/mol. The topological polar surface area (TPSA) is 89.9 Å². The van der Waals surface area contributed by atoms with Gasteiger partial charge in [0, 0.05) is 18.0 Å². The molecule has 0 unspecified atom stereocenters. The second-order valence-corrected chi connectivity index (χ2v) is 4.57. The maximum absolute atomic E-state index is 11.8. The number of hydrogen-bond acceptors (Lipinski definition) is 6. The van der Waals surface area contributed by atoms with Gasteiger partial charge in [0.05, 0.1) is 18.4 Å². The molecule has 0 radical (unpaired) electrons. The fraction of sp³-hybridized carbons (Fsp3) is 0.176. The first-order valence-corrected chi connectivity index (χ1v) is 7.31. The molecule has 0 saturated heterocycles. The number of nitrogens with one attached hydrogen (secondary N) is 1. The van der Waals surface area contributed by atoms with Crippen LogP contribution in [-0.2, 0) is 9.53 Å². The quantitative estimate of drug-likeness (QED) is 0.476. The number of hydrogen-bond donors (Lipinski definition) is 1. The SMILES string of the molecule is CCOC(=O)COc1ccccc1/C=N\NC(=O)c1cccnc1. The third-order valence-electron chi connectivity index (χ3n) is 2.86. The highest BCUT2D eigenvalue weighted by molar-refractivity contribution is 5.94. The van der Waals surface area contributed by atoms with Crippen LogP contribution in [0.5, 0.6) is 5.75 Å². The van der Waals surface area contributed by atoms with Crippen LogP contribution in [0.15, 0.2) is 53.9 Å². The molecule has 1 amide bonds. The van der Waals surface area contributed by atoms with Crippen LogP contribution < -0.4 is 10.2 Å². The molecule has 0 fully saturated rings. The highest BCUT2D eigenvalue weighted by Gasteiger charge is 2.06. The molecule has 1 heterocycles. The van der Waals surface area contributed by atoms with Gasteiger partial charge in [0.2, 0.25) is 0 Å². The van der Waals surface area contributed by atoms with Crippen molar-refractivity contribution in [2.24, 2.45) is 5.10 Å². The van der Waals surface area contributed by atoms with Crippen molar-refractivity contribution in [3.8, 4) is 5.75 Å². The summed E-state index contributed by atoms with van der Waals surface area (Å²) in [7, 11) is 0. The summed E-state index contributed by atoms with van der Waals surface area (Å²) < 4.78 is 10.2. The van der Waals surface area contributed by atoms with Gasteiger partial charge in [-0.05, 0) is 31.2 Å². The molecule has 0 aliphatic rings. The van der Waals surface area contributed by atoms with Crippen LogP contribution in [0.1, 0.15) is 22.8 Å². The van der Waals surface area contributed by atoms with E-state index >= 15 is 0 Å². The van der Waals surface area contributed by atoms with Gasteiger partial charge in [-0.15, -0.1) is 0 Å². The number of carbonyl (C=O) groups is 2. The van der Waals surface area contributed by atoms with E-state index in [9.17, 15) is 9.59 Å². The van der Waals surface area contributed by atoms with Gasteiger partial charge in [0.25, 0.3) is 5.91 Å². The van der Waals surface area contributed by atoms with Crippen molar-refractivity contribution >= 4 is 18.1 Å². The lowest BCUT2D eigenvalue weighted by molar-refractivity contribution is -0.145. The molecule has 0 aliphatic heterocycles. The lowest BCUT2D eigenvalue weighted by Gasteiger charge is -2.08. The first-order valence-electron chi connectivity index (χ1n) is 7.31. The van der Waals surface area contributed by atoms with E-state index in [1.165, 1.54) is 12.4 Å². The first kappa shape index (κ1) is 17.1. The van der Waals surface area contributed by atoms with E-state index in [4.69, 9.17) is 9.47 Å². The van der Waals surface area contributed by atoms with Crippen LogP contribution >= 0.6 is 0 Å².